The summed E-state index contributed by atoms with van der Waals surface area (Å²) in [5.74, 6) is -1.45. The van der Waals surface area contributed by atoms with E-state index in [0.717, 1.165) is 37.7 Å². The first kappa shape index (κ1) is 33.6. The standard InChI is InChI=1S/C31H50N4O7/c1-7-9-23(26(37)28(39)32-20-12-13-20)33-27(38)25-22-11-8-10-19(22)17-35(25)29(40)24(15-14-21(36)16-18(2)3)34-30(41)42-31(4,5)6/h16,19-20,22-26,37H,7-15,17H2,1-6H3,(H,32,39)(H,33,38)(H,34,41)/t19-,22-,23-,24-,25?,26?/m0/s1. The molecule has 0 aromatic heterocycles. The fraction of sp³-hybridized carbons (Fsp3) is 0.774. The van der Waals surface area contributed by atoms with Crippen LogP contribution in [-0.4, -0.2) is 82.0 Å². The first-order valence-corrected chi connectivity index (χ1v) is 15.5. The number of hydrogen-bond acceptors (Lipinski definition) is 7. The number of aliphatic hydroxyl groups excluding tert-OH is 1. The summed E-state index contributed by atoms with van der Waals surface area (Å²) in [5, 5.41) is 19.1. The number of hydrogen-bond donors (Lipinski definition) is 4. The molecular formula is C31H50N4O7. The highest BCUT2D eigenvalue weighted by Gasteiger charge is 2.51. The first-order chi connectivity index (χ1) is 19.7. The number of fused-ring (bicyclic) bond motifs is 1. The number of rotatable bonds is 13. The van der Waals surface area contributed by atoms with Gasteiger partial charge in [0.05, 0.1) is 6.04 Å². The van der Waals surface area contributed by atoms with Crippen LogP contribution in [0.1, 0.15) is 99.3 Å². The largest absolute Gasteiger partial charge is 0.444 e. The molecule has 1 heterocycles. The van der Waals surface area contributed by atoms with Gasteiger partial charge in [-0.05, 0) is 91.1 Å². The Morgan fingerprint density at radius 2 is 1.71 bits per heavy atom. The van der Waals surface area contributed by atoms with Crippen molar-refractivity contribution in [3.05, 3.63) is 11.6 Å². The summed E-state index contributed by atoms with van der Waals surface area (Å²) in [6.07, 6.45) is 4.82. The van der Waals surface area contributed by atoms with Gasteiger partial charge < -0.3 is 30.7 Å². The molecule has 0 radical (unpaired) electrons. The number of carbonyl (C=O) groups excluding carboxylic acids is 5. The highest BCUT2D eigenvalue weighted by Crippen LogP contribution is 2.42. The van der Waals surface area contributed by atoms with Crippen LogP contribution in [0.5, 0.6) is 0 Å². The molecule has 4 N–H and O–H groups in total. The molecule has 11 heteroatoms. The lowest BCUT2D eigenvalue weighted by Crippen LogP contribution is -2.58. The van der Waals surface area contributed by atoms with E-state index in [1.54, 1.807) is 20.8 Å². The molecule has 3 rings (SSSR count). The molecule has 4 amide bonds. The second-order valence-corrected chi connectivity index (χ2v) is 13.3. The average molecular weight is 591 g/mol. The monoisotopic (exact) mass is 590 g/mol. The van der Waals surface area contributed by atoms with Crippen molar-refractivity contribution < 1.29 is 33.8 Å². The highest BCUT2D eigenvalue weighted by molar-refractivity contribution is 5.94. The van der Waals surface area contributed by atoms with Crippen molar-refractivity contribution in [2.45, 2.75) is 135 Å². The number of nitrogens with zero attached hydrogens (tertiary/aromatic N) is 1. The lowest BCUT2D eigenvalue weighted by Gasteiger charge is -2.33. The van der Waals surface area contributed by atoms with Gasteiger partial charge in [0.15, 0.2) is 11.9 Å². The van der Waals surface area contributed by atoms with E-state index < -0.39 is 53.6 Å². The van der Waals surface area contributed by atoms with Crippen LogP contribution in [0.15, 0.2) is 11.6 Å². The van der Waals surface area contributed by atoms with E-state index in [0.29, 0.717) is 19.4 Å². The van der Waals surface area contributed by atoms with Gasteiger partial charge in [-0.3, -0.25) is 19.2 Å². The third-order valence-corrected chi connectivity index (χ3v) is 8.06. The topological polar surface area (TPSA) is 154 Å². The Morgan fingerprint density at radius 3 is 2.31 bits per heavy atom. The van der Waals surface area contributed by atoms with Crippen LogP contribution in [0.4, 0.5) is 4.79 Å². The number of nitrogens with one attached hydrogen (secondary N) is 3. The predicted molar refractivity (Wildman–Crippen MR) is 157 cm³/mol. The molecule has 6 atom stereocenters. The van der Waals surface area contributed by atoms with E-state index in [-0.39, 0.29) is 36.5 Å². The summed E-state index contributed by atoms with van der Waals surface area (Å²) in [6, 6.07) is -2.59. The zero-order chi connectivity index (χ0) is 31.2. The molecule has 1 aliphatic heterocycles. The van der Waals surface area contributed by atoms with Crippen molar-refractivity contribution in [1.82, 2.24) is 20.9 Å². The van der Waals surface area contributed by atoms with Gasteiger partial charge in [-0.2, -0.15) is 0 Å². The summed E-state index contributed by atoms with van der Waals surface area (Å²) in [5.41, 5.74) is 0.0468. The molecule has 3 aliphatic rings. The Hall–Kier alpha value is -2.95. The number of amides is 4. The Bertz CT molecular complexity index is 1040. The molecular weight excluding hydrogens is 540 g/mol. The van der Waals surface area contributed by atoms with Gasteiger partial charge >= 0.3 is 6.09 Å². The molecule has 42 heavy (non-hydrogen) atoms. The van der Waals surface area contributed by atoms with Gasteiger partial charge in [-0.1, -0.05) is 25.3 Å². The summed E-state index contributed by atoms with van der Waals surface area (Å²) >= 11 is 0. The van der Waals surface area contributed by atoms with Gasteiger partial charge in [0.1, 0.15) is 17.7 Å². The summed E-state index contributed by atoms with van der Waals surface area (Å²) in [4.78, 5) is 67.2. The number of alkyl carbamates (subject to hydrolysis) is 1. The van der Waals surface area contributed by atoms with Gasteiger partial charge in [0.25, 0.3) is 5.91 Å². The average Bonchev–Trinajstić information content (AvgIpc) is 3.44. The number of ether oxygens (including phenoxy) is 1. The molecule has 2 unspecified atom stereocenters. The first-order valence-electron chi connectivity index (χ1n) is 15.5. The van der Waals surface area contributed by atoms with E-state index in [1.165, 1.54) is 11.0 Å². The predicted octanol–water partition coefficient (Wildman–Crippen LogP) is 2.75. The molecule has 0 spiro atoms. The maximum atomic E-state index is 14.0. The van der Waals surface area contributed by atoms with Crippen LogP contribution in [0.25, 0.3) is 0 Å². The maximum Gasteiger partial charge on any atom is 0.408 e. The normalized spacial score (nSPS) is 23.7. The summed E-state index contributed by atoms with van der Waals surface area (Å²) in [7, 11) is 0. The zero-order valence-corrected chi connectivity index (χ0v) is 26.0. The third kappa shape index (κ3) is 9.54. The van der Waals surface area contributed by atoms with Crippen LogP contribution < -0.4 is 16.0 Å². The maximum absolute atomic E-state index is 14.0. The molecule has 236 valence electrons. The van der Waals surface area contributed by atoms with Gasteiger partial charge in [-0.25, -0.2) is 4.79 Å². The molecule has 0 aromatic rings. The zero-order valence-electron chi connectivity index (χ0n) is 26.0. The minimum atomic E-state index is -1.40. The molecule has 3 fully saturated rings. The van der Waals surface area contributed by atoms with Crippen LogP contribution in [-0.2, 0) is 23.9 Å². The minimum absolute atomic E-state index is 0.0375. The van der Waals surface area contributed by atoms with Gasteiger partial charge in [-0.15, -0.1) is 0 Å². The van der Waals surface area contributed by atoms with Crippen LogP contribution in [0, 0.1) is 11.8 Å². The second-order valence-electron chi connectivity index (χ2n) is 13.3. The molecule has 11 nitrogen and oxygen atoms in total. The SMILES string of the molecule is CCC[C@H](NC(=O)C1[C@H]2CCC[C@H]2CN1C(=O)[C@H](CCC(=O)C=C(C)C)NC(=O)OC(C)(C)C)C(O)C(=O)NC1CC1. The Kier molecular flexibility index (Phi) is 11.6. The summed E-state index contributed by atoms with van der Waals surface area (Å²) < 4.78 is 5.40. The summed E-state index contributed by atoms with van der Waals surface area (Å²) in [6.45, 7) is 11.0. The lowest BCUT2D eigenvalue weighted by atomic mass is 9.92. The van der Waals surface area contributed by atoms with Crippen molar-refractivity contribution in [2.75, 3.05) is 6.54 Å². The fourth-order valence-corrected chi connectivity index (χ4v) is 6.04. The molecule has 0 bridgehead atoms. The molecule has 1 saturated heterocycles. The number of ketones is 1. The highest BCUT2D eigenvalue weighted by atomic mass is 16.6. The van der Waals surface area contributed by atoms with Crippen LogP contribution >= 0.6 is 0 Å². The second kappa shape index (κ2) is 14.5. The lowest BCUT2D eigenvalue weighted by molar-refractivity contribution is -0.142. The smallest absolute Gasteiger partial charge is 0.408 e. The minimum Gasteiger partial charge on any atom is -0.444 e. The van der Waals surface area contributed by atoms with Crippen molar-refractivity contribution in [1.29, 1.82) is 0 Å². The van der Waals surface area contributed by atoms with E-state index in [4.69, 9.17) is 4.74 Å². The quantitative estimate of drug-likeness (QED) is 0.241. The van der Waals surface area contributed by atoms with Gasteiger partial charge in [0.2, 0.25) is 11.8 Å². The van der Waals surface area contributed by atoms with Crippen molar-refractivity contribution in [3.63, 3.8) is 0 Å². The number of likely N-dealkylation sites (tertiary alicyclic amines) is 1. The van der Waals surface area contributed by atoms with E-state index in [9.17, 15) is 29.1 Å². The molecule has 0 aromatic carbocycles. The fourth-order valence-electron chi connectivity index (χ4n) is 6.04. The molecule has 2 aliphatic carbocycles. The van der Waals surface area contributed by atoms with Crippen molar-refractivity contribution >= 4 is 29.6 Å². The van der Waals surface area contributed by atoms with Crippen molar-refractivity contribution in [2.24, 2.45) is 11.8 Å². The van der Waals surface area contributed by atoms with Crippen LogP contribution in [0.3, 0.4) is 0 Å². The Labute approximate surface area is 249 Å². The van der Waals surface area contributed by atoms with Crippen molar-refractivity contribution in [3.8, 4) is 0 Å². The number of carbonyl (C=O) groups is 5. The Balaban J connectivity index is 1.81. The van der Waals surface area contributed by atoms with E-state index in [2.05, 4.69) is 16.0 Å². The van der Waals surface area contributed by atoms with Gasteiger partial charge in [0, 0.05) is 19.0 Å². The number of allylic oxidation sites excluding steroid dienone is 2. The third-order valence-electron chi connectivity index (χ3n) is 8.06. The van der Waals surface area contributed by atoms with Crippen LogP contribution in [0.2, 0.25) is 0 Å². The molecule has 2 saturated carbocycles. The number of aliphatic hydroxyl groups is 1. The van der Waals surface area contributed by atoms with E-state index >= 15 is 0 Å². The van der Waals surface area contributed by atoms with E-state index in [1.807, 2.05) is 20.8 Å². The Morgan fingerprint density at radius 1 is 1.02 bits per heavy atom.